The van der Waals surface area contributed by atoms with Crippen molar-refractivity contribution in [2.24, 2.45) is 5.73 Å². The smallest absolute Gasteiger partial charge is 0.415 e. The molecule has 0 heterocycles. The summed E-state index contributed by atoms with van der Waals surface area (Å²) in [4.78, 5) is 28.4. The van der Waals surface area contributed by atoms with Gasteiger partial charge in [-0.05, 0) is 108 Å². The fraction of sp³-hybridized carbons (Fsp3) is 0.444. The Morgan fingerprint density at radius 2 is 1.63 bits per heavy atom. The van der Waals surface area contributed by atoms with E-state index >= 15 is 0 Å². The summed E-state index contributed by atoms with van der Waals surface area (Å²) in [6.07, 6.45) is 4.94. The summed E-state index contributed by atoms with van der Waals surface area (Å²) >= 11 is 0. The van der Waals surface area contributed by atoms with Crippen LogP contribution in [0.1, 0.15) is 77.3 Å². The first-order valence-corrected chi connectivity index (χ1v) is 15.5. The SMILES string of the molecule is CC(O)Cc1ccc(NC(=O)CCCc2ccc(-c3ccccc3)c(N(C(=O)OC(C)(C)C)C3CCC(N)CC3)c2)cc1. The molecular formula is C36H47N3O4. The molecule has 1 aliphatic carbocycles. The van der Waals surface area contributed by atoms with Gasteiger partial charge in [-0.2, -0.15) is 0 Å². The molecule has 1 unspecified atom stereocenters. The molecule has 1 aliphatic rings. The fourth-order valence-corrected chi connectivity index (χ4v) is 5.65. The Kier molecular flexibility index (Phi) is 11.0. The van der Waals surface area contributed by atoms with Gasteiger partial charge in [0.05, 0.1) is 11.8 Å². The van der Waals surface area contributed by atoms with E-state index in [-0.39, 0.29) is 24.1 Å². The summed E-state index contributed by atoms with van der Waals surface area (Å²) in [5.41, 5.74) is 11.3. The van der Waals surface area contributed by atoms with Crippen molar-refractivity contribution >= 4 is 23.4 Å². The number of anilines is 2. The van der Waals surface area contributed by atoms with Gasteiger partial charge in [-0.3, -0.25) is 9.69 Å². The summed E-state index contributed by atoms with van der Waals surface area (Å²) in [6.45, 7) is 7.44. The van der Waals surface area contributed by atoms with E-state index in [0.29, 0.717) is 25.7 Å². The van der Waals surface area contributed by atoms with E-state index < -0.39 is 11.7 Å². The molecule has 1 saturated carbocycles. The van der Waals surface area contributed by atoms with Crippen LogP contribution in [0.25, 0.3) is 11.1 Å². The first-order valence-electron chi connectivity index (χ1n) is 15.5. The number of nitrogens with zero attached hydrogens (tertiary/aromatic N) is 1. The molecule has 1 fully saturated rings. The van der Waals surface area contributed by atoms with Crippen LogP contribution in [0, 0.1) is 0 Å². The number of ether oxygens (including phenoxy) is 1. The maximum absolute atomic E-state index is 13.8. The van der Waals surface area contributed by atoms with Gasteiger partial charge in [0, 0.05) is 29.8 Å². The van der Waals surface area contributed by atoms with Crippen LogP contribution >= 0.6 is 0 Å². The highest BCUT2D eigenvalue weighted by Crippen LogP contribution is 2.37. The molecule has 0 saturated heterocycles. The molecule has 1 atom stereocenters. The standard InChI is InChI=1S/C36H47N3O4/c1-25(40)23-27-13-18-30(19-14-27)38-34(41)12-8-9-26-15-22-32(28-10-6-5-7-11-28)33(24-26)39(35(42)43-36(2,3)4)31-20-16-29(37)17-21-31/h5-7,10-11,13-15,18-19,22,24-25,29,31,40H,8-9,12,16-17,20-21,23,37H2,1-4H3,(H,38,41). The highest BCUT2D eigenvalue weighted by molar-refractivity contribution is 5.95. The topological polar surface area (TPSA) is 105 Å². The molecule has 4 N–H and O–H groups in total. The monoisotopic (exact) mass is 585 g/mol. The molecule has 7 nitrogen and oxygen atoms in total. The number of amides is 2. The number of carbonyl (C=O) groups is 2. The zero-order valence-electron chi connectivity index (χ0n) is 26.0. The van der Waals surface area contributed by atoms with E-state index in [1.807, 2.05) is 68.1 Å². The summed E-state index contributed by atoms with van der Waals surface area (Å²) in [7, 11) is 0. The molecule has 0 bridgehead atoms. The first-order chi connectivity index (χ1) is 20.5. The normalized spacial score (nSPS) is 17.6. The number of aryl methyl sites for hydroxylation is 1. The van der Waals surface area contributed by atoms with Crippen molar-refractivity contribution in [3.8, 4) is 11.1 Å². The number of nitrogens with two attached hydrogens (primary N) is 1. The lowest BCUT2D eigenvalue weighted by molar-refractivity contribution is -0.116. The van der Waals surface area contributed by atoms with Gasteiger partial charge >= 0.3 is 6.09 Å². The minimum absolute atomic E-state index is 0.00915. The summed E-state index contributed by atoms with van der Waals surface area (Å²) in [6, 6.07) is 24.1. The van der Waals surface area contributed by atoms with Gasteiger partial charge in [-0.15, -0.1) is 0 Å². The second kappa shape index (κ2) is 14.7. The second-order valence-corrected chi connectivity index (χ2v) is 12.8. The van der Waals surface area contributed by atoms with Crippen molar-refractivity contribution in [2.45, 2.75) is 103 Å². The molecule has 3 aromatic carbocycles. The van der Waals surface area contributed by atoms with E-state index in [4.69, 9.17) is 10.5 Å². The van der Waals surface area contributed by atoms with Crippen molar-refractivity contribution < 1.29 is 19.4 Å². The van der Waals surface area contributed by atoms with Gasteiger partial charge in [0.15, 0.2) is 0 Å². The zero-order chi connectivity index (χ0) is 31.0. The summed E-state index contributed by atoms with van der Waals surface area (Å²) in [5.74, 6) is -0.0432. The minimum atomic E-state index is -0.629. The van der Waals surface area contributed by atoms with Gasteiger partial charge in [-0.1, -0.05) is 54.6 Å². The molecule has 3 aromatic rings. The lowest BCUT2D eigenvalue weighted by atomic mass is 9.89. The highest BCUT2D eigenvalue weighted by atomic mass is 16.6. The van der Waals surface area contributed by atoms with E-state index in [9.17, 15) is 14.7 Å². The van der Waals surface area contributed by atoms with E-state index in [1.165, 1.54) is 0 Å². The predicted molar refractivity (Wildman–Crippen MR) is 174 cm³/mol. The van der Waals surface area contributed by atoms with Crippen LogP contribution in [0.5, 0.6) is 0 Å². The molecule has 43 heavy (non-hydrogen) atoms. The Morgan fingerprint density at radius 3 is 2.26 bits per heavy atom. The lowest BCUT2D eigenvalue weighted by Gasteiger charge is -2.38. The molecular weight excluding hydrogens is 538 g/mol. The molecule has 0 aromatic heterocycles. The van der Waals surface area contributed by atoms with E-state index in [1.54, 1.807) is 6.92 Å². The first kappa shape index (κ1) is 32.2. The van der Waals surface area contributed by atoms with Crippen molar-refractivity contribution in [3.05, 3.63) is 83.9 Å². The van der Waals surface area contributed by atoms with Crippen LogP contribution < -0.4 is 16.0 Å². The third-order valence-electron chi connectivity index (χ3n) is 7.74. The molecule has 230 valence electrons. The number of hydrogen-bond donors (Lipinski definition) is 3. The minimum Gasteiger partial charge on any atom is -0.443 e. The average molecular weight is 586 g/mol. The number of rotatable bonds is 10. The largest absolute Gasteiger partial charge is 0.443 e. The molecule has 4 rings (SSSR count). The molecule has 0 aliphatic heterocycles. The molecule has 0 spiro atoms. The zero-order valence-corrected chi connectivity index (χ0v) is 26.0. The van der Waals surface area contributed by atoms with Gasteiger partial charge < -0.3 is 20.9 Å². The third kappa shape index (κ3) is 9.66. The van der Waals surface area contributed by atoms with Gasteiger partial charge in [0.1, 0.15) is 5.60 Å². The van der Waals surface area contributed by atoms with Crippen molar-refractivity contribution in [1.82, 2.24) is 0 Å². The van der Waals surface area contributed by atoms with Gasteiger partial charge in [0.2, 0.25) is 5.91 Å². The Morgan fingerprint density at radius 1 is 0.977 bits per heavy atom. The quantitative estimate of drug-likeness (QED) is 0.232. The highest BCUT2D eigenvalue weighted by Gasteiger charge is 2.33. The van der Waals surface area contributed by atoms with Crippen LogP contribution in [0.3, 0.4) is 0 Å². The number of aliphatic hydroxyl groups is 1. The molecule has 7 heteroatoms. The predicted octanol–water partition coefficient (Wildman–Crippen LogP) is 7.25. The third-order valence-corrected chi connectivity index (χ3v) is 7.74. The maximum Gasteiger partial charge on any atom is 0.415 e. The number of nitrogens with one attached hydrogen (secondary N) is 1. The second-order valence-electron chi connectivity index (χ2n) is 12.8. The number of aliphatic hydroxyl groups excluding tert-OH is 1. The number of carbonyl (C=O) groups excluding carboxylic acids is 2. The van der Waals surface area contributed by atoms with Gasteiger partial charge in [-0.25, -0.2) is 4.79 Å². The van der Waals surface area contributed by atoms with Crippen LogP contribution in [0.2, 0.25) is 0 Å². The molecule has 2 amide bonds. The van der Waals surface area contributed by atoms with Crippen LogP contribution in [-0.4, -0.2) is 40.9 Å². The lowest BCUT2D eigenvalue weighted by Crippen LogP contribution is -2.46. The van der Waals surface area contributed by atoms with Crippen molar-refractivity contribution in [2.75, 3.05) is 10.2 Å². The van der Waals surface area contributed by atoms with Crippen molar-refractivity contribution in [3.63, 3.8) is 0 Å². The Labute approximate surface area is 256 Å². The Bertz CT molecular complexity index is 1340. The summed E-state index contributed by atoms with van der Waals surface area (Å²) < 4.78 is 5.95. The van der Waals surface area contributed by atoms with E-state index in [0.717, 1.165) is 59.3 Å². The number of benzene rings is 3. The molecule has 0 radical (unpaired) electrons. The summed E-state index contributed by atoms with van der Waals surface area (Å²) in [5, 5.41) is 12.6. The van der Waals surface area contributed by atoms with Crippen molar-refractivity contribution in [1.29, 1.82) is 0 Å². The number of hydrogen-bond acceptors (Lipinski definition) is 5. The van der Waals surface area contributed by atoms with Crippen LogP contribution in [0.4, 0.5) is 16.2 Å². The van der Waals surface area contributed by atoms with Crippen LogP contribution in [0.15, 0.2) is 72.8 Å². The maximum atomic E-state index is 13.8. The van der Waals surface area contributed by atoms with Gasteiger partial charge in [0.25, 0.3) is 0 Å². The average Bonchev–Trinajstić information content (AvgIpc) is 2.95. The van der Waals surface area contributed by atoms with Crippen LogP contribution in [-0.2, 0) is 22.4 Å². The fourth-order valence-electron chi connectivity index (χ4n) is 5.65. The van der Waals surface area contributed by atoms with E-state index in [2.05, 4.69) is 35.6 Å². The Hall–Kier alpha value is -3.68. The Balaban J connectivity index is 1.53.